The van der Waals surface area contributed by atoms with Crippen molar-refractivity contribution in [1.29, 1.82) is 0 Å². The topological polar surface area (TPSA) is 113 Å². The number of rotatable bonds is 8. The Balaban J connectivity index is 1.60. The van der Waals surface area contributed by atoms with Crippen LogP contribution in [0.4, 0.5) is 16.2 Å². The Morgan fingerprint density at radius 3 is 2.36 bits per heavy atom. The quantitative estimate of drug-likeness (QED) is 0.321. The maximum absolute atomic E-state index is 13.6. The summed E-state index contributed by atoms with van der Waals surface area (Å²) >= 11 is 1.57. The van der Waals surface area contributed by atoms with Crippen LogP contribution in [0, 0.1) is 0 Å². The van der Waals surface area contributed by atoms with E-state index in [0.29, 0.717) is 11.3 Å². The minimum Gasteiger partial charge on any atom is -0.444 e. The van der Waals surface area contributed by atoms with Gasteiger partial charge in [-0.25, -0.2) is 17.9 Å². The molecule has 206 valence electrons. The van der Waals surface area contributed by atoms with Gasteiger partial charge in [0, 0.05) is 60.1 Å². The monoisotopic (exact) mass is 567 g/mol. The van der Waals surface area contributed by atoms with E-state index in [9.17, 15) is 13.2 Å². The van der Waals surface area contributed by atoms with Gasteiger partial charge in [-0.05, 0) is 68.3 Å². The van der Waals surface area contributed by atoms with Crippen molar-refractivity contribution in [2.45, 2.75) is 43.2 Å². The van der Waals surface area contributed by atoms with Crippen LogP contribution in [-0.2, 0) is 21.4 Å². The predicted molar refractivity (Wildman–Crippen MR) is 157 cm³/mol. The summed E-state index contributed by atoms with van der Waals surface area (Å²) < 4.78 is 35.1. The van der Waals surface area contributed by atoms with Crippen molar-refractivity contribution >= 4 is 44.2 Å². The second-order valence-corrected chi connectivity index (χ2v) is 12.9. The molecule has 39 heavy (non-hydrogen) atoms. The maximum atomic E-state index is 13.6. The Morgan fingerprint density at radius 1 is 1.05 bits per heavy atom. The Labute approximate surface area is 234 Å². The van der Waals surface area contributed by atoms with Crippen molar-refractivity contribution in [2.75, 3.05) is 24.7 Å². The van der Waals surface area contributed by atoms with Gasteiger partial charge in [-0.2, -0.15) is 0 Å². The molecule has 0 spiro atoms. The lowest BCUT2D eigenvalue weighted by molar-refractivity contribution is 0.155. The van der Waals surface area contributed by atoms with Crippen LogP contribution in [0.5, 0.6) is 0 Å². The molecular weight excluding hydrogens is 534 g/mol. The molecule has 2 aromatic carbocycles. The summed E-state index contributed by atoms with van der Waals surface area (Å²) in [5.74, 6) is 0. The van der Waals surface area contributed by atoms with Gasteiger partial charge in [0.25, 0.3) is 0 Å². The molecule has 1 atom stereocenters. The predicted octanol–water partition coefficient (Wildman–Crippen LogP) is 5.62. The fourth-order valence-corrected chi connectivity index (χ4v) is 7.03. The largest absolute Gasteiger partial charge is 0.444 e. The van der Waals surface area contributed by atoms with Gasteiger partial charge in [-0.3, -0.25) is 10.3 Å². The van der Waals surface area contributed by atoms with Gasteiger partial charge in [0.2, 0.25) is 10.0 Å². The zero-order valence-electron chi connectivity index (χ0n) is 22.6. The summed E-state index contributed by atoms with van der Waals surface area (Å²) in [4.78, 5) is 19.3. The first-order chi connectivity index (χ1) is 18.4. The number of aromatic nitrogens is 1. The van der Waals surface area contributed by atoms with E-state index in [1.54, 1.807) is 69.2 Å². The lowest BCUT2D eigenvalue weighted by Crippen LogP contribution is -2.40. The van der Waals surface area contributed by atoms with Gasteiger partial charge in [-0.15, -0.1) is 0 Å². The van der Waals surface area contributed by atoms with Crippen LogP contribution in [0.2, 0.25) is 0 Å². The fraction of sp³-hybridized carbons (Fsp3) is 0.286. The standard InChI is InChI=1S/C28H33N5O4S2/c1-28(2,3)32-39(35,36)25-16-22(31-27(34)37-18-19-12-14-30-15-13-19)10-11-23(25)24-17-33(5)26(38-24)20-6-8-21(29-4)9-7-20/h6-17,26,29,32H,18H2,1-5H3,(H,31,34). The van der Waals surface area contributed by atoms with E-state index in [4.69, 9.17) is 4.74 Å². The van der Waals surface area contributed by atoms with Gasteiger partial charge in [0.15, 0.2) is 0 Å². The van der Waals surface area contributed by atoms with Crippen LogP contribution < -0.4 is 15.4 Å². The number of pyridine rings is 1. The molecule has 1 aliphatic heterocycles. The molecule has 0 fully saturated rings. The first-order valence-electron chi connectivity index (χ1n) is 12.3. The van der Waals surface area contributed by atoms with Gasteiger partial charge >= 0.3 is 6.09 Å². The molecule has 1 aromatic heterocycles. The number of nitrogens with zero attached hydrogens (tertiary/aromatic N) is 2. The van der Waals surface area contributed by atoms with E-state index in [-0.39, 0.29) is 16.9 Å². The first kappa shape index (κ1) is 28.5. The Hall–Kier alpha value is -3.54. The molecule has 0 aliphatic carbocycles. The normalized spacial score (nSPS) is 15.6. The highest BCUT2D eigenvalue weighted by Gasteiger charge is 2.31. The zero-order chi connectivity index (χ0) is 28.2. The number of hydrogen-bond donors (Lipinski definition) is 3. The number of anilines is 2. The van der Waals surface area contributed by atoms with Crippen molar-refractivity contribution in [3.8, 4) is 0 Å². The smallest absolute Gasteiger partial charge is 0.411 e. The Morgan fingerprint density at radius 2 is 1.72 bits per heavy atom. The van der Waals surface area contributed by atoms with Crippen LogP contribution in [0.25, 0.3) is 4.91 Å². The van der Waals surface area contributed by atoms with E-state index in [0.717, 1.165) is 21.7 Å². The molecule has 0 bridgehead atoms. The molecule has 1 amide bonds. The highest BCUT2D eigenvalue weighted by Crippen LogP contribution is 2.49. The average Bonchev–Trinajstić information content (AvgIpc) is 3.28. The molecule has 3 N–H and O–H groups in total. The molecule has 2 heterocycles. The van der Waals surface area contributed by atoms with Gasteiger partial charge in [-0.1, -0.05) is 30.0 Å². The number of hydrogen-bond acceptors (Lipinski definition) is 8. The van der Waals surface area contributed by atoms with Gasteiger partial charge in [0.05, 0.1) is 4.90 Å². The summed E-state index contributed by atoms with van der Waals surface area (Å²) in [6.45, 7) is 5.41. The zero-order valence-corrected chi connectivity index (χ0v) is 24.2. The molecule has 9 nitrogen and oxygen atoms in total. The molecule has 3 aromatic rings. The van der Waals surface area contributed by atoms with Crippen LogP contribution in [-0.4, -0.2) is 44.0 Å². The number of carbonyl (C=O) groups excluding carboxylic acids is 1. The van der Waals surface area contributed by atoms with Crippen LogP contribution in [0.3, 0.4) is 0 Å². The van der Waals surface area contributed by atoms with E-state index < -0.39 is 21.7 Å². The molecule has 4 rings (SSSR count). The second kappa shape index (κ2) is 11.7. The van der Waals surface area contributed by atoms with E-state index in [1.807, 2.05) is 32.4 Å². The highest BCUT2D eigenvalue weighted by atomic mass is 32.2. The minimum atomic E-state index is -3.94. The molecule has 1 unspecified atom stereocenters. The number of ether oxygens (including phenoxy) is 1. The van der Waals surface area contributed by atoms with Gasteiger partial charge in [0.1, 0.15) is 12.0 Å². The van der Waals surface area contributed by atoms with E-state index in [2.05, 4.69) is 37.4 Å². The summed E-state index contributed by atoms with van der Waals surface area (Å²) in [6.07, 6.45) is 4.49. The number of sulfonamides is 1. The summed E-state index contributed by atoms with van der Waals surface area (Å²) in [7, 11) is -0.100. The van der Waals surface area contributed by atoms with Crippen molar-refractivity contribution in [2.24, 2.45) is 0 Å². The summed E-state index contributed by atoms with van der Waals surface area (Å²) in [5.41, 5.74) is 3.06. The number of carbonyl (C=O) groups is 1. The van der Waals surface area contributed by atoms with Crippen molar-refractivity contribution < 1.29 is 17.9 Å². The molecule has 0 saturated carbocycles. The van der Waals surface area contributed by atoms with Crippen LogP contribution >= 0.6 is 11.8 Å². The SMILES string of the molecule is CNc1ccc(C2SC(c3ccc(NC(=O)OCc4ccncc4)cc3S(=O)(=O)NC(C)(C)C)=CN2C)cc1. The molecule has 0 radical (unpaired) electrons. The number of thioether (sulfide) groups is 1. The average molecular weight is 568 g/mol. The van der Waals surface area contributed by atoms with Crippen LogP contribution in [0.15, 0.2) is 78.1 Å². The molecular formula is C28H33N5O4S2. The third kappa shape index (κ3) is 7.31. The number of benzene rings is 2. The number of nitrogens with one attached hydrogen (secondary N) is 3. The summed E-state index contributed by atoms with van der Waals surface area (Å²) in [6, 6.07) is 16.5. The lowest BCUT2D eigenvalue weighted by atomic mass is 10.1. The minimum absolute atomic E-state index is 0.0157. The van der Waals surface area contributed by atoms with E-state index >= 15 is 0 Å². The molecule has 11 heteroatoms. The van der Waals surface area contributed by atoms with Crippen molar-refractivity contribution in [3.63, 3.8) is 0 Å². The van der Waals surface area contributed by atoms with Crippen molar-refractivity contribution in [3.05, 3.63) is 89.9 Å². The Bertz CT molecular complexity index is 1450. The van der Waals surface area contributed by atoms with E-state index in [1.165, 1.54) is 6.07 Å². The lowest BCUT2D eigenvalue weighted by Gasteiger charge is -2.22. The third-order valence-electron chi connectivity index (χ3n) is 5.76. The third-order valence-corrected chi connectivity index (χ3v) is 8.96. The molecule has 1 aliphatic rings. The first-order valence-corrected chi connectivity index (χ1v) is 14.7. The Kier molecular flexibility index (Phi) is 8.53. The summed E-state index contributed by atoms with van der Waals surface area (Å²) in [5, 5.41) is 5.75. The second-order valence-electron chi connectivity index (χ2n) is 10.1. The maximum Gasteiger partial charge on any atom is 0.411 e. The fourth-order valence-electron chi connectivity index (χ4n) is 4.00. The van der Waals surface area contributed by atoms with Crippen LogP contribution in [0.1, 0.15) is 42.8 Å². The number of amides is 1. The highest BCUT2D eigenvalue weighted by molar-refractivity contribution is 8.08. The molecule has 0 saturated heterocycles. The van der Waals surface area contributed by atoms with Gasteiger partial charge < -0.3 is 15.0 Å². The van der Waals surface area contributed by atoms with Crippen molar-refractivity contribution in [1.82, 2.24) is 14.6 Å².